The molecular weight excluding hydrogens is 254 g/mol. The Morgan fingerprint density at radius 3 is 2.75 bits per heavy atom. The molecule has 1 amide bonds. The van der Waals surface area contributed by atoms with Gasteiger partial charge in [-0.15, -0.1) is 0 Å². The van der Waals surface area contributed by atoms with Crippen molar-refractivity contribution in [3.05, 3.63) is 18.3 Å². The number of carbonyl (C=O) groups is 1. The number of nitrogens with one attached hydrogen (secondary N) is 1. The minimum Gasteiger partial charge on any atom is -0.473 e. The quantitative estimate of drug-likeness (QED) is 0.885. The second-order valence-corrected chi connectivity index (χ2v) is 5.62. The van der Waals surface area contributed by atoms with Crippen LogP contribution in [-0.4, -0.2) is 23.0 Å². The Kier molecular flexibility index (Phi) is 4.95. The molecule has 0 unspecified atom stereocenters. The molecule has 0 aromatic carbocycles. The van der Waals surface area contributed by atoms with Gasteiger partial charge in [-0.3, -0.25) is 4.79 Å². The van der Waals surface area contributed by atoms with Crippen molar-refractivity contribution in [2.75, 3.05) is 5.32 Å². The van der Waals surface area contributed by atoms with Gasteiger partial charge >= 0.3 is 0 Å². The van der Waals surface area contributed by atoms with E-state index in [4.69, 9.17) is 10.5 Å². The van der Waals surface area contributed by atoms with E-state index in [1.54, 1.807) is 12.3 Å². The van der Waals surface area contributed by atoms with E-state index in [-0.39, 0.29) is 24.0 Å². The number of hydrogen-bond donors (Lipinski definition) is 2. The lowest BCUT2D eigenvalue weighted by molar-refractivity contribution is -0.120. The number of nitrogens with two attached hydrogens (primary N) is 1. The Morgan fingerprint density at radius 1 is 1.40 bits per heavy atom. The van der Waals surface area contributed by atoms with Crippen LogP contribution in [0.1, 0.15) is 39.5 Å². The van der Waals surface area contributed by atoms with Crippen LogP contribution in [0.15, 0.2) is 18.3 Å². The molecule has 0 aliphatic heterocycles. The van der Waals surface area contributed by atoms with E-state index in [1.165, 1.54) is 0 Å². The SMILES string of the molecule is CC(C)Oc1ncccc1NC(=O)C1CCC(N)CC1. The zero-order valence-electron chi connectivity index (χ0n) is 12.1. The van der Waals surface area contributed by atoms with Crippen LogP contribution in [0.4, 0.5) is 5.69 Å². The summed E-state index contributed by atoms with van der Waals surface area (Å²) in [4.78, 5) is 16.4. The standard InChI is InChI=1S/C15H23N3O2/c1-10(2)20-15-13(4-3-9-17-15)18-14(19)11-5-7-12(16)8-6-11/h3-4,9-12H,5-8,16H2,1-2H3,(H,18,19). The average Bonchev–Trinajstić information content (AvgIpc) is 2.41. The van der Waals surface area contributed by atoms with Crippen LogP contribution in [0.5, 0.6) is 5.88 Å². The first-order chi connectivity index (χ1) is 9.56. The summed E-state index contributed by atoms with van der Waals surface area (Å²) in [6.45, 7) is 3.87. The summed E-state index contributed by atoms with van der Waals surface area (Å²) in [6, 6.07) is 3.86. The molecular formula is C15H23N3O2. The molecule has 1 aromatic heterocycles. The topological polar surface area (TPSA) is 77.2 Å². The highest BCUT2D eigenvalue weighted by Gasteiger charge is 2.25. The second-order valence-electron chi connectivity index (χ2n) is 5.62. The van der Waals surface area contributed by atoms with Crippen molar-refractivity contribution in [1.29, 1.82) is 0 Å². The summed E-state index contributed by atoms with van der Waals surface area (Å²) in [5, 5.41) is 2.93. The lowest BCUT2D eigenvalue weighted by Gasteiger charge is -2.25. The van der Waals surface area contributed by atoms with E-state index in [9.17, 15) is 4.79 Å². The molecule has 2 rings (SSSR count). The summed E-state index contributed by atoms with van der Waals surface area (Å²) in [6.07, 6.45) is 5.23. The maximum atomic E-state index is 12.3. The summed E-state index contributed by atoms with van der Waals surface area (Å²) >= 11 is 0. The van der Waals surface area contributed by atoms with Crippen LogP contribution < -0.4 is 15.8 Å². The number of aromatic nitrogens is 1. The molecule has 0 radical (unpaired) electrons. The third-order valence-electron chi connectivity index (χ3n) is 3.52. The molecule has 0 spiro atoms. The molecule has 1 fully saturated rings. The number of ether oxygens (including phenoxy) is 1. The van der Waals surface area contributed by atoms with Crippen LogP contribution in [0.25, 0.3) is 0 Å². The van der Waals surface area contributed by atoms with Gasteiger partial charge < -0.3 is 15.8 Å². The second kappa shape index (κ2) is 6.70. The Balaban J connectivity index is 2.00. The number of carbonyl (C=O) groups excluding carboxylic acids is 1. The monoisotopic (exact) mass is 277 g/mol. The average molecular weight is 277 g/mol. The Labute approximate surface area is 119 Å². The molecule has 20 heavy (non-hydrogen) atoms. The Bertz CT molecular complexity index is 454. The fraction of sp³-hybridized carbons (Fsp3) is 0.600. The van der Waals surface area contributed by atoms with Gasteiger partial charge in [0.2, 0.25) is 11.8 Å². The van der Waals surface area contributed by atoms with Crippen LogP contribution in [0, 0.1) is 5.92 Å². The van der Waals surface area contributed by atoms with Crippen LogP contribution in [0.2, 0.25) is 0 Å². The zero-order valence-corrected chi connectivity index (χ0v) is 12.1. The molecule has 110 valence electrons. The van der Waals surface area contributed by atoms with E-state index in [0.29, 0.717) is 11.6 Å². The van der Waals surface area contributed by atoms with Gasteiger partial charge in [-0.05, 0) is 51.7 Å². The van der Waals surface area contributed by atoms with Crippen molar-refractivity contribution in [2.45, 2.75) is 51.7 Å². The molecule has 5 heteroatoms. The van der Waals surface area contributed by atoms with Gasteiger partial charge in [0.25, 0.3) is 0 Å². The predicted molar refractivity (Wildman–Crippen MR) is 78.6 cm³/mol. The molecule has 1 aliphatic carbocycles. The molecule has 3 N–H and O–H groups in total. The van der Waals surface area contributed by atoms with Crippen LogP contribution >= 0.6 is 0 Å². The molecule has 0 atom stereocenters. The van der Waals surface area contributed by atoms with E-state index in [2.05, 4.69) is 10.3 Å². The number of rotatable bonds is 4. The lowest BCUT2D eigenvalue weighted by Crippen LogP contribution is -2.32. The largest absolute Gasteiger partial charge is 0.473 e. The smallest absolute Gasteiger partial charge is 0.238 e. The summed E-state index contributed by atoms with van der Waals surface area (Å²) < 4.78 is 5.60. The summed E-state index contributed by atoms with van der Waals surface area (Å²) in [5.41, 5.74) is 6.51. The molecule has 1 aromatic rings. The van der Waals surface area contributed by atoms with Gasteiger partial charge in [0.05, 0.1) is 6.10 Å². The molecule has 0 saturated heterocycles. The van der Waals surface area contributed by atoms with Gasteiger partial charge in [0.15, 0.2) is 0 Å². The molecule has 1 aliphatic rings. The minimum atomic E-state index is 0.0215. The maximum Gasteiger partial charge on any atom is 0.238 e. The van der Waals surface area contributed by atoms with Gasteiger partial charge in [-0.25, -0.2) is 4.98 Å². The van der Waals surface area contributed by atoms with Gasteiger partial charge in [0, 0.05) is 18.2 Å². The number of hydrogen-bond acceptors (Lipinski definition) is 4. The fourth-order valence-electron chi connectivity index (χ4n) is 2.42. The number of anilines is 1. The fourth-order valence-corrected chi connectivity index (χ4v) is 2.42. The van der Waals surface area contributed by atoms with Crippen molar-refractivity contribution in [3.8, 4) is 5.88 Å². The van der Waals surface area contributed by atoms with Gasteiger partial charge in [0.1, 0.15) is 5.69 Å². The highest BCUT2D eigenvalue weighted by Crippen LogP contribution is 2.27. The zero-order chi connectivity index (χ0) is 14.5. The first-order valence-corrected chi connectivity index (χ1v) is 7.24. The van der Waals surface area contributed by atoms with Crippen molar-refractivity contribution in [3.63, 3.8) is 0 Å². The molecule has 1 heterocycles. The Morgan fingerprint density at radius 2 is 2.10 bits per heavy atom. The number of pyridine rings is 1. The third-order valence-corrected chi connectivity index (χ3v) is 3.52. The highest BCUT2D eigenvalue weighted by molar-refractivity contribution is 5.93. The van der Waals surface area contributed by atoms with Crippen LogP contribution in [0.3, 0.4) is 0 Å². The highest BCUT2D eigenvalue weighted by atomic mass is 16.5. The van der Waals surface area contributed by atoms with Crippen molar-refractivity contribution in [1.82, 2.24) is 4.98 Å². The predicted octanol–water partition coefficient (Wildman–Crippen LogP) is 2.32. The van der Waals surface area contributed by atoms with E-state index in [0.717, 1.165) is 25.7 Å². The van der Waals surface area contributed by atoms with E-state index in [1.807, 2.05) is 19.9 Å². The Hall–Kier alpha value is -1.62. The van der Waals surface area contributed by atoms with Crippen molar-refractivity contribution < 1.29 is 9.53 Å². The van der Waals surface area contributed by atoms with Crippen molar-refractivity contribution >= 4 is 11.6 Å². The van der Waals surface area contributed by atoms with Gasteiger partial charge in [-0.2, -0.15) is 0 Å². The van der Waals surface area contributed by atoms with Crippen molar-refractivity contribution in [2.24, 2.45) is 11.7 Å². The first-order valence-electron chi connectivity index (χ1n) is 7.24. The van der Waals surface area contributed by atoms with Crippen LogP contribution in [-0.2, 0) is 4.79 Å². The first kappa shape index (κ1) is 14.8. The molecule has 5 nitrogen and oxygen atoms in total. The normalized spacial score (nSPS) is 22.6. The maximum absolute atomic E-state index is 12.3. The lowest BCUT2D eigenvalue weighted by atomic mass is 9.86. The molecule has 1 saturated carbocycles. The summed E-state index contributed by atoms with van der Waals surface area (Å²) in [5.74, 6) is 0.559. The molecule has 0 bridgehead atoms. The van der Waals surface area contributed by atoms with E-state index >= 15 is 0 Å². The number of nitrogens with zero attached hydrogens (tertiary/aromatic N) is 1. The number of amides is 1. The summed E-state index contributed by atoms with van der Waals surface area (Å²) in [7, 11) is 0. The minimum absolute atomic E-state index is 0.0215. The van der Waals surface area contributed by atoms with Gasteiger partial charge in [-0.1, -0.05) is 0 Å². The third kappa shape index (κ3) is 3.93. The van der Waals surface area contributed by atoms with E-state index < -0.39 is 0 Å².